The number of nitrogens with zero attached hydrogens (tertiary/aromatic N) is 3. The highest BCUT2D eigenvalue weighted by Gasteiger charge is 2.25. The molecule has 1 saturated heterocycles. The van der Waals surface area contributed by atoms with E-state index in [0.717, 1.165) is 30.9 Å². The van der Waals surface area contributed by atoms with Crippen molar-refractivity contribution in [1.29, 1.82) is 0 Å². The summed E-state index contributed by atoms with van der Waals surface area (Å²) in [4.78, 5) is 19.7. The number of hydrogen-bond acceptors (Lipinski definition) is 2. The average molecular weight is 396 g/mol. The molecule has 118 valence electrons. The Kier molecular flexibility index (Phi) is 9.16. The predicted octanol–water partition coefficient (Wildman–Crippen LogP) is 1.64. The summed E-state index contributed by atoms with van der Waals surface area (Å²) in [6, 6.07) is 0. The molecule has 1 N–H and O–H groups in total. The summed E-state index contributed by atoms with van der Waals surface area (Å²) in [5.74, 6) is 2.42. The quantitative estimate of drug-likeness (QED) is 0.447. The monoisotopic (exact) mass is 396 g/mol. The number of guanidine groups is 1. The third-order valence-electron chi connectivity index (χ3n) is 3.50. The molecular formula is C14H29IN4O. The van der Waals surface area contributed by atoms with Crippen LogP contribution in [-0.4, -0.2) is 62.4 Å². The van der Waals surface area contributed by atoms with Crippen LogP contribution in [0.5, 0.6) is 0 Å². The zero-order chi connectivity index (χ0) is 14.4. The molecule has 0 aromatic rings. The van der Waals surface area contributed by atoms with Gasteiger partial charge in [-0.1, -0.05) is 13.8 Å². The molecule has 5 nitrogen and oxygen atoms in total. The molecule has 1 rings (SSSR count). The predicted molar refractivity (Wildman–Crippen MR) is 94.6 cm³/mol. The molecule has 6 heteroatoms. The SMILES string of the molecule is CN=C(NCC(=O)N(C)C)N1CCC(CC(C)C)C1.I. The lowest BCUT2D eigenvalue weighted by Crippen LogP contribution is -2.44. The molecule has 0 bridgehead atoms. The van der Waals surface area contributed by atoms with Crippen molar-refractivity contribution in [3.8, 4) is 0 Å². The highest BCUT2D eigenvalue weighted by atomic mass is 127. The number of nitrogens with one attached hydrogen (secondary N) is 1. The summed E-state index contributed by atoms with van der Waals surface area (Å²) < 4.78 is 0. The number of aliphatic imine (C=N–C) groups is 1. The molecule has 0 aromatic heterocycles. The molecule has 1 atom stereocenters. The van der Waals surface area contributed by atoms with Gasteiger partial charge in [-0.25, -0.2) is 0 Å². The Morgan fingerprint density at radius 1 is 1.45 bits per heavy atom. The van der Waals surface area contributed by atoms with Gasteiger partial charge in [0.15, 0.2) is 5.96 Å². The molecule has 20 heavy (non-hydrogen) atoms. The fourth-order valence-corrected chi connectivity index (χ4v) is 2.53. The molecule has 1 amide bonds. The van der Waals surface area contributed by atoms with E-state index in [2.05, 4.69) is 29.1 Å². The molecule has 0 radical (unpaired) electrons. The summed E-state index contributed by atoms with van der Waals surface area (Å²) >= 11 is 0. The number of rotatable bonds is 4. The number of carbonyl (C=O) groups is 1. The summed E-state index contributed by atoms with van der Waals surface area (Å²) in [6.45, 7) is 6.93. The smallest absolute Gasteiger partial charge is 0.241 e. The molecule has 1 unspecified atom stereocenters. The molecule has 1 aliphatic heterocycles. The minimum absolute atomic E-state index is 0. The van der Waals surface area contributed by atoms with Crippen molar-refractivity contribution < 1.29 is 4.79 Å². The number of likely N-dealkylation sites (tertiary alicyclic amines) is 1. The van der Waals surface area contributed by atoms with Gasteiger partial charge in [0.25, 0.3) is 0 Å². The average Bonchev–Trinajstić information content (AvgIpc) is 2.77. The van der Waals surface area contributed by atoms with Crippen LogP contribution in [0.2, 0.25) is 0 Å². The second kappa shape index (κ2) is 9.41. The largest absolute Gasteiger partial charge is 0.347 e. The van der Waals surface area contributed by atoms with Crippen LogP contribution in [0.1, 0.15) is 26.7 Å². The van der Waals surface area contributed by atoms with Gasteiger partial charge in [0.1, 0.15) is 0 Å². The first kappa shape index (κ1) is 19.5. The standard InChI is InChI=1S/C14H28N4O.HI/c1-11(2)8-12-6-7-18(10-12)14(15-3)16-9-13(19)17(4)5;/h11-12H,6-10H2,1-5H3,(H,15,16);1H. The second-order valence-corrected chi connectivity index (χ2v) is 5.92. The van der Waals surface area contributed by atoms with Crippen LogP contribution in [0.15, 0.2) is 4.99 Å². The number of hydrogen-bond donors (Lipinski definition) is 1. The van der Waals surface area contributed by atoms with Crippen molar-refractivity contribution in [3.05, 3.63) is 0 Å². The minimum atomic E-state index is 0. The van der Waals surface area contributed by atoms with Crippen LogP contribution >= 0.6 is 24.0 Å². The number of halogens is 1. The molecule has 1 fully saturated rings. The van der Waals surface area contributed by atoms with Crippen LogP contribution in [-0.2, 0) is 4.79 Å². The second-order valence-electron chi connectivity index (χ2n) is 5.92. The van der Waals surface area contributed by atoms with Crippen LogP contribution in [0.3, 0.4) is 0 Å². The van der Waals surface area contributed by atoms with Crippen LogP contribution < -0.4 is 5.32 Å². The van der Waals surface area contributed by atoms with Gasteiger partial charge in [0.2, 0.25) is 5.91 Å². The highest BCUT2D eigenvalue weighted by molar-refractivity contribution is 14.0. The van der Waals surface area contributed by atoms with E-state index in [9.17, 15) is 4.79 Å². The Labute approximate surface area is 140 Å². The first-order chi connectivity index (χ1) is 8.93. The van der Waals surface area contributed by atoms with Crippen LogP contribution in [0.25, 0.3) is 0 Å². The number of carbonyl (C=O) groups excluding carboxylic acids is 1. The molecular weight excluding hydrogens is 367 g/mol. The van der Waals surface area contributed by atoms with Crippen LogP contribution in [0.4, 0.5) is 0 Å². The normalized spacial score (nSPS) is 19.0. The van der Waals surface area contributed by atoms with E-state index in [1.807, 2.05) is 0 Å². The third kappa shape index (κ3) is 6.28. The summed E-state index contributed by atoms with van der Waals surface area (Å²) in [6.07, 6.45) is 2.49. The van der Waals surface area contributed by atoms with Crippen molar-refractivity contribution in [2.45, 2.75) is 26.7 Å². The topological polar surface area (TPSA) is 47.9 Å². The first-order valence-electron chi connectivity index (χ1n) is 7.09. The number of likely N-dealkylation sites (N-methyl/N-ethyl adjacent to an activating group) is 1. The van der Waals surface area contributed by atoms with E-state index in [1.54, 1.807) is 26.0 Å². The Morgan fingerprint density at radius 2 is 2.10 bits per heavy atom. The molecule has 0 aromatic carbocycles. The Balaban J connectivity index is 0.00000361. The van der Waals surface area contributed by atoms with Gasteiger partial charge >= 0.3 is 0 Å². The van der Waals surface area contributed by atoms with E-state index in [4.69, 9.17) is 0 Å². The third-order valence-corrected chi connectivity index (χ3v) is 3.50. The van der Waals surface area contributed by atoms with E-state index >= 15 is 0 Å². The Bertz CT molecular complexity index is 331. The lowest BCUT2D eigenvalue weighted by molar-refractivity contribution is -0.127. The molecule has 0 aliphatic carbocycles. The minimum Gasteiger partial charge on any atom is -0.347 e. The fraction of sp³-hybridized carbons (Fsp3) is 0.857. The Morgan fingerprint density at radius 3 is 2.60 bits per heavy atom. The van der Waals surface area contributed by atoms with Crippen LogP contribution in [0, 0.1) is 11.8 Å². The van der Waals surface area contributed by atoms with Gasteiger partial charge in [0.05, 0.1) is 6.54 Å². The van der Waals surface area contributed by atoms with Crippen molar-refractivity contribution in [1.82, 2.24) is 15.1 Å². The summed E-state index contributed by atoms with van der Waals surface area (Å²) in [5, 5.41) is 3.15. The Hall–Kier alpha value is -0.530. The summed E-state index contributed by atoms with van der Waals surface area (Å²) in [7, 11) is 5.31. The van der Waals surface area contributed by atoms with Gasteiger partial charge in [-0.05, 0) is 24.7 Å². The van der Waals surface area contributed by atoms with Gasteiger partial charge in [-0.15, -0.1) is 24.0 Å². The van der Waals surface area contributed by atoms with E-state index in [1.165, 1.54) is 12.8 Å². The van der Waals surface area contributed by atoms with Gasteiger partial charge in [0, 0.05) is 34.2 Å². The molecule has 0 spiro atoms. The van der Waals surface area contributed by atoms with E-state index in [-0.39, 0.29) is 29.9 Å². The van der Waals surface area contributed by atoms with Gasteiger partial charge in [-0.2, -0.15) is 0 Å². The van der Waals surface area contributed by atoms with Crippen molar-refractivity contribution >= 4 is 35.8 Å². The lowest BCUT2D eigenvalue weighted by Gasteiger charge is -2.22. The first-order valence-corrected chi connectivity index (χ1v) is 7.09. The van der Waals surface area contributed by atoms with Gasteiger partial charge < -0.3 is 15.1 Å². The van der Waals surface area contributed by atoms with Crippen molar-refractivity contribution in [3.63, 3.8) is 0 Å². The zero-order valence-corrected chi connectivity index (χ0v) is 15.7. The maximum Gasteiger partial charge on any atom is 0.241 e. The molecule has 0 saturated carbocycles. The maximum atomic E-state index is 11.6. The van der Waals surface area contributed by atoms with Crippen molar-refractivity contribution in [2.75, 3.05) is 40.8 Å². The van der Waals surface area contributed by atoms with E-state index in [0.29, 0.717) is 6.54 Å². The summed E-state index contributed by atoms with van der Waals surface area (Å²) in [5.41, 5.74) is 0. The maximum absolute atomic E-state index is 11.6. The number of amides is 1. The fourth-order valence-electron chi connectivity index (χ4n) is 2.53. The van der Waals surface area contributed by atoms with Gasteiger partial charge in [-0.3, -0.25) is 9.79 Å². The lowest BCUT2D eigenvalue weighted by atomic mass is 9.97. The highest BCUT2D eigenvalue weighted by Crippen LogP contribution is 2.23. The molecule has 1 aliphatic rings. The molecule has 1 heterocycles. The van der Waals surface area contributed by atoms with E-state index < -0.39 is 0 Å². The zero-order valence-electron chi connectivity index (χ0n) is 13.3. The van der Waals surface area contributed by atoms with Crippen molar-refractivity contribution in [2.24, 2.45) is 16.8 Å².